The molecule has 5 nitrogen and oxygen atoms in total. The third-order valence-electron chi connectivity index (χ3n) is 2.07. The Hall–Kier alpha value is -0.630. The van der Waals surface area contributed by atoms with Crippen LogP contribution in [0.5, 0.6) is 0 Å². The van der Waals surface area contributed by atoms with Crippen LogP contribution in [0.3, 0.4) is 0 Å². The van der Waals surface area contributed by atoms with Gasteiger partial charge in [-0.2, -0.15) is 0 Å². The monoisotopic (exact) mass is 258 g/mol. The molecule has 0 aromatic carbocycles. The van der Waals surface area contributed by atoms with Crippen molar-refractivity contribution in [3.63, 3.8) is 0 Å². The van der Waals surface area contributed by atoms with Gasteiger partial charge in [-0.3, -0.25) is 15.4 Å². The van der Waals surface area contributed by atoms with Crippen LogP contribution in [0, 0.1) is 0 Å². The number of nitrogens with one attached hydrogen (secondary N) is 3. The second-order valence-electron chi connectivity index (χ2n) is 3.34. The predicted octanol–water partition coefficient (Wildman–Crippen LogP) is 0.681. The lowest BCUT2D eigenvalue weighted by Gasteiger charge is -2.24. The molecule has 2 rings (SSSR count). The lowest BCUT2D eigenvalue weighted by atomic mass is 10.4. The van der Waals surface area contributed by atoms with Gasteiger partial charge < -0.3 is 5.32 Å². The van der Waals surface area contributed by atoms with Crippen molar-refractivity contribution in [2.75, 3.05) is 24.2 Å². The maximum absolute atomic E-state index is 11.5. The van der Waals surface area contributed by atoms with E-state index in [1.54, 1.807) is 18.0 Å². The number of carbonyl (C=O) groups is 1. The van der Waals surface area contributed by atoms with E-state index in [1.807, 2.05) is 5.38 Å². The first-order valence-corrected chi connectivity index (χ1v) is 7.05. The van der Waals surface area contributed by atoms with Crippen LogP contribution in [0.1, 0.15) is 6.42 Å². The Labute approximate surface area is 102 Å². The normalized spacial score (nSPS) is 17.2. The molecule has 88 valence electrons. The molecule has 2 heterocycles. The maximum atomic E-state index is 11.5. The summed E-state index contributed by atoms with van der Waals surface area (Å²) >= 11 is 3.00. The van der Waals surface area contributed by atoms with Crippen LogP contribution in [-0.2, 0) is 4.79 Å². The Bertz CT molecular complexity index is 324. The van der Waals surface area contributed by atoms with Crippen molar-refractivity contribution in [3.8, 4) is 0 Å². The van der Waals surface area contributed by atoms with Crippen molar-refractivity contribution in [3.05, 3.63) is 11.6 Å². The number of aromatic nitrogens is 1. The first-order valence-electron chi connectivity index (χ1n) is 5.12. The van der Waals surface area contributed by atoms with Gasteiger partial charge in [0.15, 0.2) is 5.13 Å². The smallest absolute Gasteiger partial charge is 0.236 e. The molecule has 1 aliphatic heterocycles. The molecule has 1 saturated heterocycles. The van der Waals surface area contributed by atoms with E-state index in [-0.39, 0.29) is 11.4 Å². The quantitative estimate of drug-likeness (QED) is 0.741. The number of nitrogens with zero attached hydrogens (tertiary/aromatic N) is 1. The fraction of sp³-hybridized carbons (Fsp3) is 0.556. The van der Waals surface area contributed by atoms with E-state index in [1.165, 1.54) is 11.3 Å². The standard InChI is InChI=1S/C9H14N4OS2/c14-7(13-9-12-4-5-15-9)6-16-8-10-2-1-3-11-8/h4-5,8,10-11H,1-3,6H2,(H,12,13,14). The Morgan fingerprint density at radius 2 is 2.44 bits per heavy atom. The highest BCUT2D eigenvalue weighted by molar-refractivity contribution is 8.00. The molecule has 0 saturated carbocycles. The summed E-state index contributed by atoms with van der Waals surface area (Å²) in [7, 11) is 0. The summed E-state index contributed by atoms with van der Waals surface area (Å²) in [6, 6.07) is 0. The van der Waals surface area contributed by atoms with Crippen LogP contribution >= 0.6 is 23.1 Å². The van der Waals surface area contributed by atoms with Crippen LogP contribution in [0.25, 0.3) is 0 Å². The molecular formula is C9H14N4OS2. The topological polar surface area (TPSA) is 66.1 Å². The van der Waals surface area contributed by atoms with Gasteiger partial charge in [-0.05, 0) is 19.5 Å². The minimum absolute atomic E-state index is 0.00544. The zero-order valence-electron chi connectivity index (χ0n) is 8.73. The highest BCUT2D eigenvalue weighted by atomic mass is 32.2. The van der Waals surface area contributed by atoms with E-state index in [9.17, 15) is 4.79 Å². The van der Waals surface area contributed by atoms with Crippen LogP contribution in [0.15, 0.2) is 11.6 Å². The van der Waals surface area contributed by atoms with Gasteiger partial charge in [-0.15, -0.1) is 23.1 Å². The predicted molar refractivity (Wildman–Crippen MR) is 67.6 cm³/mol. The van der Waals surface area contributed by atoms with Crippen LogP contribution in [-0.4, -0.2) is 35.2 Å². The Morgan fingerprint density at radius 1 is 1.62 bits per heavy atom. The number of carbonyl (C=O) groups excluding carboxylic acids is 1. The average Bonchev–Trinajstić information content (AvgIpc) is 2.81. The lowest BCUT2D eigenvalue weighted by Crippen LogP contribution is -2.46. The summed E-state index contributed by atoms with van der Waals surface area (Å²) in [5.41, 5.74) is 0.191. The minimum Gasteiger partial charge on any atom is -0.301 e. The average molecular weight is 258 g/mol. The molecule has 7 heteroatoms. The Morgan fingerprint density at radius 3 is 3.12 bits per heavy atom. The van der Waals surface area contributed by atoms with E-state index in [2.05, 4.69) is 20.9 Å². The summed E-state index contributed by atoms with van der Waals surface area (Å²) in [4.78, 5) is 15.5. The number of thiazole rings is 1. The van der Waals surface area contributed by atoms with E-state index in [0.29, 0.717) is 10.9 Å². The molecule has 1 aliphatic rings. The molecule has 0 spiro atoms. The molecule has 0 bridgehead atoms. The molecule has 0 aliphatic carbocycles. The molecule has 1 fully saturated rings. The van der Waals surface area contributed by atoms with Gasteiger partial charge in [-0.1, -0.05) is 0 Å². The number of rotatable bonds is 4. The van der Waals surface area contributed by atoms with Gasteiger partial charge in [-0.25, -0.2) is 4.98 Å². The van der Waals surface area contributed by atoms with E-state index in [4.69, 9.17) is 0 Å². The van der Waals surface area contributed by atoms with Crippen LogP contribution in [0.4, 0.5) is 5.13 Å². The van der Waals surface area contributed by atoms with Crippen molar-refractivity contribution < 1.29 is 4.79 Å². The highest BCUT2D eigenvalue weighted by Crippen LogP contribution is 2.12. The number of thioether (sulfide) groups is 1. The fourth-order valence-corrected chi connectivity index (χ4v) is 2.75. The molecule has 3 N–H and O–H groups in total. The van der Waals surface area contributed by atoms with Gasteiger partial charge in [0, 0.05) is 11.6 Å². The maximum Gasteiger partial charge on any atom is 0.236 e. The van der Waals surface area contributed by atoms with Gasteiger partial charge >= 0.3 is 0 Å². The molecule has 1 aromatic heterocycles. The second-order valence-corrected chi connectivity index (χ2v) is 5.33. The number of amides is 1. The number of hydrogen-bond acceptors (Lipinski definition) is 6. The van der Waals surface area contributed by atoms with E-state index < -0.39 is 0 Å². The summed E-state index contributed by atoms with van der Waals surface area (Å²) in [5, 5.41) is 11.8. The largest absolute Gasteiger partial charge is 0.301 e. The molecule has 0 unspecified atom stereocenters. The fourth-order valence-electron chi connectivity index (χ4n) is 1.34. The van der Waals surface area contributed by atoms with Crippen LogP contribution in [0.2, 0.25) is 0 Å². The third-order valence-corrected chi connectivity index (χ3v) is 3.86. The first-order chi connectivity index (χ1) is 7.84. The van der Waals surface area contributed by atoms with Crippen molar-refractivity contribution >= 4 is 34.1 Å². The molecule has 16 heavy (non-hydrogen) atoms. The molecule has 1 amide bonds. The zero-order valence-corrected chi connectivity index (χ0v) is 10.4. The molecule has 1 aromatic rings. The highest BCUT2D eigenvalue weighted by Gasteiger charge is 2.13. The summed E-state index contributed by atoms with van der Waals surface area (Å²) in [6.07, 6.45) is 2.82. The third kappa shape index (κ3) is 3.75. The molecule has 0 atom stereocenters. The Balaban J connectivity index is 1.67. The van der Waals surface area contributed by atoms with Gasteiger partial charge in [0.25, 0.3) is 0 Å². The van der Waals surface area contributed by atoms with Gasteiger partial charge in [0.2, 0.25) is 5.91 Å². The molecule has 0 radical (unpaired) electrons. The second kappa shape index (κ2) is 6.19. The number of anilines is 1. The van der Waals surface area contributed by atoms with E-state index >= 15 is 0 Å². The van der Waals surface area contributed by atoms with Crippen LogP contribution < -0.4 is 16.0 Å². The van der Waals surface area contributed by atoms with Gasteiger partial charge in [0.1, 0.15) is 5.50 Å². The van der Waals surface area contributed by atoms with Crippen molar-refractivity contribution in [2.45, 2.75) is 11.9 Å². The van der Waals surface area contributed by atoms with Crippen molar-refractivity contribution in [1.29, 1.82) is 0 Å². The number of hydrogen-bond donors (Lipinski definition) is 3. The summed E-state index contributed by atoms with van der Waals surface area (Å²) < 4.78 is 0. The molecular weight excluding hydrogens is 244 g/mol. The first kappa shape index (κ1) is 11.8. The van der Waals surface area contributed by atoms with Crippen molar-refractivity contribution in [2.24, 2.45) is 0 Å². The van der Waals surface area contributed by atoms with Crippen molar-refractivity contribution in [1.82, 2.24) is 15.6 Å². The lowest BCUT2D eigenvalue weighted by molar-refractivity contribution is -0.113. The SMILES string of the molecule is O=C(CSC1NCCCN1)Nc1nccs1. The Kier molecular flexibility index (Phi) is 4.58. The minimum atomic E-state index is -0.00544. The summed E-state index contributed by atoms with van der Waals surface area (Å²) in [5.74, 6) is 0.429. The van der Waals surface area contributed by atoms with E-state index in [0.717, 1.165) is 19.5 Å². The summed E-state index contributed by atoms with van der Waals surface area (Å²) in [6.45, 7) is 2.03. The van der Waals surface area contributed by atoms with Gasteiger partial charge in [0.05, 0.1) is 5.75 Å². The zero-order chi connectivity index (χ0) is 11.2.